The number of ether oxygens (including phenoxy) is 1. The molecule has 0 bridgehead atoms. The summed E-state index contributed by atoms with van der Waals surface area (Å²) in [6, 6.07) is 4.55. The number of benzene rings is 1. The van der Waals surface area contributed by atoms with Gasteiger partial charge in [0.05, 0.1) is 12.0 Å². The van der Waals surface area contributed by atoms with Crippen LogP contribution in [0, 0.1) is 10.1 Å². The minimum atomic E-state index is -0.905. The van der Waals surface area contributed by atoms with Gasteiger partial charge >= 0.3 is 5.69 Å². The molecule has 0 aliphatic carbocycles. The van der Waals surface area contributed by atoms with E-state index in [1.54, 1.807) is 18.4 Å². The molecule has 100 valence electrons. The first-order valence-corrected chi connectivity index (χ1v) is 6.96. The van der Waals surface area contributed by atoms with Crippen molar-refractivity contribution < 1.29 is 13.9 Å². The number of nitrogens with one attached hydrogen (secondary N) is 1. The fourth-order valence-corrected chi connectivity index (χ4v) is 1.64. The molecule has 0 radical (unpaired) electrons. The van der Waals surface area contributed by atoms with Crippen molar-refractivity contribution in [2.75, 3.05) is 25.2 Å². The summed E-state index contributed by atoms with van der Waals surface area (Å²) < 4.78 is 16.1. The molecule has 0 saturated heterocycles. The summed E-state index contributed by atoms with van der Waals surface area (Å²) in [5.74, 6) is 0.204. The Kier molecular flexibility index (Phi) is 5.08. The van der Waals surface area contributed by atoms with Crippen molar-refractivity contribution in [2.24, 2.45) is 0 Å². The van der Waals surface area contributed by atoms with Gasteiger partial charge in [0.25, 0.3) is 0 Å². The second-order valence-corrected chi connectivity index (χ2v) is 5.64. The largest absolute Gasteiger partial charge is 0.490 e. The molecule has 0 amide bonds. The summed E-state index contributed by atoms with van der Waals surface area (Å²) >= 11 is 0. The fourth-order valence-electron chi connectivity index (χ4n) is 1.32. The summed E-state index contributed by atoms with van der Waals surface area (Å²) in [6.45, 7) is 2.40. The van der Waals surface area contributed by atoms with Gasteiger partial charge < -0.3 is 10.1 Å². The quantitative estimate of drug-likeness (QED) is 0.630. The number of anilines is 1. The van der Waals surface area contributed by atoms with Crippen molar-refractivity contribution in [3.63, 3.8) is 0 Å². The Hall–Kier alpha value is -1.63. The highest BCUT2D eigenvalue weighted by atomic mass is 32.2. The van der Waals surface area contributed by atoms with Gasteiger partial charge in [0.1, 0.15) is 0 Å². The van der Waals surface area contributed by atoms with Crippen LogP contribution in [-0.4, -0.2) is 34.3 Å². The van der Waals surface area contributed by atoms with E-state index in [-0.39, 0.29) is 16.7 Å². The molecule has 0 aliphatic heterocycles. The van der Waals surface area contributed by atoms with Crippen LogP contribution in [0.15, 0.2) is 18.2 Å². The lowest BCUT2D eigenvalue weighted by Gasteiger charge is -2.12. The highest BCUT2D eigenvalue weighted by Crippen LogP contribution is 2.29. The van der Waals surface area contributed by atoms with Gasteiger partial charge in [-0.2, -0.15) is 0 Å². The number of hydrogen-bond acceptors (Lipinski definition) is 5. The molecule has 0 aromatic heterocycles. The van der Waals surface area contributed by atoms with Crippen LogP contribution in [-0.2, 0) is 10.8 Å². The second kappa shape index (κ2) is 6.34. The van der Waals surface area contributed by atoms with Crippen LogP contribution in [0.25, 0.3) is 0 Å². The summed E-state index contributed by atoms with van der Waals surface area (Å²) in [7, 11) is 0.480. The minimum Gasteiger partial charge on any atom is -0.490 e. The smallest absolute Gasteiger partial charge is 0.311 e. The van der Waals surface area contributed by atoms with Gasteiger partial charge in [-0.3, -0.25) is 14.3 Å². The van der Waals surface area contributed by atoms with Gasteiger partial charge in [-0.1, -0.05) is 0 Å². The first-order chi connectivity index (χ1) is 8.45. The number of hydrogen-bond donors (Lipinski definition) is 1. The van der Waals surface area contributed by atoms with Crippen LogP contribution in [0.3, 0.4) is 0 Å². The summed E-state index contributed by atoms with van der Waals surface area (Å²) in [6.07, 6.45) is 1.64. The van der Waals surface area contributed by atoms with Crippen LogP contribution in [0.4, 0.5) is 11.4 Å². The second-order valence-electron chi connectivity index (χ2n) is 3.83. The van der Waals surface area contributed by atoms with Crippen molar-refractivity contribution in [2.45, 2.75) is 12.2 Å². The van der Waals surface area contributed by atoms with Gasteiger partial charge in [0.2, 0.25) is 0 Å². The molecule has 0 fully saturated rings. The van der Waals surface area contributed by atoms with Gasteiger partial charge in [0.15, 0.2) is 5.75 Å². The van der Waals surface area contributed by atoms with Gasteiger partial charge in [0, 0.05) is 46.7 Å². The lowest BCUT2D eigenvalue weighted by molar-refractivity contribution is -0.385. The predicted molar refractivity (Wildman–Crippen MR) is 71.7 cm³/mol. The average molecular weight is 272 g/mol. The third-order valence-corrected chi connectivity index (χ3v) is 3.84. The molecular weight excluding hydrogens is 256 g/mol. The molecule has 1 rings (SSSR count). The minimum absolute atomic E-state index is 0.00573. The third-order valence-electron chi connectivity index (χ3n) is 2.54. The fraction of sp³-hybridized carbons (Fsp3) is 0.455. The molecular formula is C11H16N2O4S. The highest BCUT2D eigenvalue weighted by molar-refractivity contribution is 7.84. The Balaban J connectivity index is 2.80. The maximum atomic E-state index is 11.2. The van der Waals surface area contributed by atoms with Crippen molar-refractivity contribution in [3.05, 3.63) is 28.3 Å². The molecule has 0 heterocycles. The van der Waals surface area contributed by atoms with E-state index in [0.717, 1.165) is 0 Å². The van der Waals surface area contributed by atoms with E-state index in [4.69, 9.17) is 4.74 Å². The monoisotopic (exact) mass is 272 g/mol. The van der Waals surface area contributed by atoms with Crippen LogP contribution >= 0.6 is 0 Å². The zero-order chi connectivity index (χ0) is 13.7. The summed E-state index contributed by atoms with van der Waals surface area (Å²) in [4.78, 5) is 10.2. The van der Waals surface area contributed by atoms with E-state index >= 15 is 0 Å². The SMILES string of the molecule is COc1cc(NCC(C)S(C)=O)ccc1[N+](=O)[O-]. The molecule has 1 aromatic carbocycles. The van der Waals surface area contributed by atoms with Crippen molar-refractivity contribution in [1.82, 2.24) is 0 Å². The number of rotatable bonds is 6. The Bertz CT molecular complexity index is 464. The van der Waals surface area contributed by atoms with E-state index in [1.165, 1.54) is 13.2 Å². The first-order valence-electron chi connectivity index (χ1n) is 5.34. The molecule has 0 aliphatic rings. The molecule has 6 nitrogen and oxygen atoms in total. The van der Waals surface area contributed by atoms with Crippen molar-refractivity contribution >= 4 is 22.2 Å². The number of methoxy groups -OCH3 is 1. The predicted octanol–water partition coefficient (Wildman–Crippen LogP) is 1.78. The molecule has 0 saturated carbocycles. The lowest BCUT2D eigenvalue weighted by atomic mass is 10.2. The molecule has 18 heavy (non-hydrogen) atoms. The summed E-state index contributed by atoms with van der Waals surface area (Å²) in [5, 5.41) is 13.8. The Labute approximate surface area is 108 Å². The molecule has 1 N–H and O–H groups in total. The summed E-state index contributed by atoms with van der Waals surface area (Å²) in [5.41, 5.74) is 0.630. The van der Waals surface area contributed by atoms with Crippen molar-refractivity contribution in [1.29, 1.82) is 0 Å². The van der Waals surface area contributed by atoms with E-state index < -0.39 is 15.7 Å². The number of nitro groups is 1. The average Bonchev–Trinajstić information content (AvgIpc) is 2.34. The topological polar surface area (TPSA) is 81.5 Å². The zero-order valence-electron chi connectivity index (χ0n) is 10.5. The van der Waals surface area contributed by atoms with Gasteiger partial charge in [-0.25, -0.2) is 0 Å². The van der Waals surface area contributed by atoms with E-state index in [9.17, 15) is 14.3 Å². The van der Waals surface area contributed by atoms with E-state index in [0.29, 0.717) is 12.2 Å². The number of nitrogens with zero attached hydrogens (tertiary/aromatic N) is 1. The molecule has 7 heteroatoms. The third kappa shape index (κ3) is 3.69. The van der Waals surface area contributed by atoms with Gasteiger partial charge in [-0.05, 0) is 13.0 Å². The standard InChI is InChI=1S/C11H16N2O4S/c1-8(18(3)16)7-12-9-4-5-10(13(14)15)11(6-9)17-2/h4-6,8,12H,7H2,1-3H3. The van der Waals surface area contributed by atoms with E-state index in [2.05, 4.69) is 5.32 Å². The van der Waals surface area contributed by atoms with Crippen LogP contribution in [0.2, 0.25) is 0 Å². The molecule has 2 atom stereocenters. The highest BCUT2D eigenvalue weighted by Gasteiger charge is 2.15. The first kappa shape index (κ1) is 14.4. The van der Waals surface area contributed by atoms with Crippen LogP contribution in [0.1, 0.15) is 6.92 Å². The molecule has 1 aromatic rings. The van der Waals surface area contributed by atoms with E-state index in [1.807, 2.05) is 6.92 Å². The normalized spacial score (nSPS) is 13.7. The molecule has 2 unspecified atom stereocenters. The Morgan fingerprint density at radius 2 is 2.22 bits per heavy atom. The van der Waals surface area contributed by atoms with Gasteiger partial charge in [-0.15, -0.1) is 0 Å². The van der Waals surface area contributed by atoms with Crippen LogP contribution < -0.4 is 10.1 Å². The maximum Gasteiger partial charge on any atom is 0.311 e. The molecule has 0 spiro atoms. The zero-order valence-corrected chi connectivity index (χ0v) is 11.3. The van der Waals surface area contributed by atoms with Crippen molar-refractivity contribution in [3.8, 4) is 5.75 Å². The number of nitro benzene ring substituents is 1. The Morgan fingerprint density at radius 3 is 2.72 bits per heavy atom. The maximum absolute atomic E-state index is 11.2. The van der Waals surface area contributed by atoms with Crippen LogP contribution in [0.5, 0.6) is 5.75 Å². The Morgan fingerprint density at radius 1 is 1.56 bits per heavy atom. The lowest BCUT2D eigenvalue weighted by Crippen LogP contribution is -2.20.